The average Bonchev–Trinajstić information content (AvgIpc) is 2.85. The van der Waals surface area contributed by atoms with Crippen molar-refractivity contribution in [1.82, 2.24) is 15.1 Å². The first-order valence-corrected chi connectivity index (χ1v) is 9.38. The lowest BCUT2D eigenvalue weighted by atomic mass is 9.93. The monoisotopic (exact) mass is 357 g/mol. The fourth-order valence-electron chi connectivity index (χ4n) is 3.79. The molecule has 3 rings (SSSR count). The number of rotatable bonds is 5. The molecule has 1 aromatic rings. The summed E-state index contributed by atoms with van der Waals surface area (Å²) in [5.74, 6) is -0.454. The van der Waals surface area contributed by atoms with E-state index in [9.17, 15) is 14.4 Å². The molecule has 4 amide bonds. The molecule has 0 aliphatic carbocycles. The summed E-state index contributed by atoms with van der Waals surface area (Å²) in [6, 6.07) is 9.57. The lowest BCUT2D eigenvalue weighted by Crippen LogP contribution is -2.49. The number of amides is 4. The van der Waals surface area contributed by atoms with Gasteiger partial charge in [-0.15, -0.1) is 0 Å². The van der Waals surface area contributed by atoms with Crippen LogP contribution in [0.1, 0.15) is 45.1 Å². The Labute approximate surface area is 154 Å². The van der Waals surface area contributed by atoms with E-state index in [0.29, 0.717) is 19.4 Å². The van der Waals surface area contributed by atoms with Gasteiger partial charge in [-0.1, -0.05) is 30.3 Å². The van der Waals surface area contributed by atoms with E-state index in [1.807, 2.05) is 37.3 Å². The fraction of sp³-hybridized carbons (Fsp3) is 0.550. The standard InChI is InChI=1S/C20H27N3O3/c1-15-8-6-7-13-22(15)17(24)14-23-18(25)20(2,21-19(23)26)12-11-16-9-4-3-5-10-16/h3-5,9-10,15H,6-8,11-14H2,1-2H3,(H,21,26)/t15-,20-/m0/s1. The normalized spacial score (nSPS) is 26.2. The van der Waals surface area contributed by atoms with E-state index in [2.05, 4.69) is 5.32 Å². The molecule has 140 valence electrons. The van der Waals surface area contributed by atoms with Gasteiger partial charge in [0.2, 0.25) is 5.91 Å². The highest BCUT2D eigenvalue weighted by Crippen LogP contribution is 2.24. The molecule has 2 aliphatic rings. The van der Waals surface area contributed by atoms with Crippen molar-refractivity contribution in [3.05, 3.63) is 35.9 Å². The Hall–Kier alpha value is -2.37. The molecule has 2 aliphatic heterocycles. The number of benzene rings is 1. The molecule has 0 radical (unpaired) electrons. The second-order valence-corrected chi connectivity index (χ2v) is 7.57. The molecule has 0 unspecified atom stereocenters. The number of nitrogens with one attached hydrogen (secondary N) is 1. The Morgan fingerprint density at radius 2 is 1.96 bits per heavy atom. The molecular formula is C20H27N3O3. The van der Waals surface area contributed by atoms with Crippen molar-refractivity contribution in [2.75, 3.05) is 13.1 Å². The first-order valence-electron chi connectivity index (χ1n) is 9.38. The zero-order valence-electron chi connectivity index (χ0n) is 15.5. The molecule has 0 saturated carbocycles. The lowest BCUT2D eigenvalue weighted by molar-refractivity contribution is -0.140. The van der Waals surface area contributed by atoms with Crippen LogP contribution in [-0.2, 0) is 16.0 Å². The number of hydrogen-bond donors (Lipinski definition) is 1. The number of piperidine rings is 1. The predicted molar refractivity (Wildman–Crippen MR) is 98.4 cm³/mol. The highest BCUT2D eigenvalue weighted by Gasteiger charge is 2.48. The summed E-state index contributed by atoms with van der Waals surface area (Å²) in [6.07, 6.45) is 4.26. The van der Waals surface area contributed by atoms with E-state index in [1.54, 1.807) is 11.8 Å². The number of likely N-dealkylation sites (tertiary alicyclic amines) is 1. The number of urea groups is 1. The number of nitrogens with zero attached hydrogens (tertiary/aromatic N) is 2. The van der Waals surface area contributed by atoms with Gasteiger partial charge in [-0.2, -0.15) is 0 Å². The SMILES string of the molecule is C[C@H]1CCCCN1C(=O)CN1C(=O)N[C@@](C)(CCc2ccccc2)C1=O. The van der Waals surface area contributed by atoms with Gasteiger partial charge in [0, 0.05) is 12.6 Å². The van der Waals surface area contributed by atoms with Crippen LogP contribution < -0.4 is 5.32 Å². The Bertz CT molecular complexity index is 691. The zero-order chi connectivity index (χ0) is 18.7. The van der Waals surface area contributed by atoms with Gasteiger partial charge in [-0.05, 0) is 51.5 Å². The van der Waals surface area contributed by atoms with Gasteiger partial charge >= 0.3 is 6.03 Å². The van der Waals surface area contributed by atoms with Gasteiger partial charge in [0.15, 0.2) is 0 Å². The van der Waals surface area contributed by atoms with Crippen molar-refractivity contribution in [3.8, 4) is 0 Å². The first-order chi connectivity index (χ1) is 12.4. The highest BCUT2D eigenvalue weighted by atomic mass is 16.2. The highest BCUT2D eigenvalue weighted by molar-refractivity contribution is 6.08. The summed E-state index contributed by atoms with van der Waals surface area (Å²) in [4.78, 5) is 40.6. The Kier molecular flexibility index (Phi) is 5.30. The lowest BCUT2D eigenvalue weighted by Gasteiger charge is -2.34. The fourth-order valence-corrected chi connectivity index (χ4v) is 3.79. The third kappa shape index (κ3) is 3.74. The molecule has 0 bridgehead atoms. The number of carbonyl (C=O) groups excluding carboxylic acids is 3. The van der Waals surface area contributed by atoms with Crippen LogP contribution in [0, 0.1) is 0 Å². The molecule has 2 fully saturated rings. The molecule has 26 heavy (non-hydrogen) atoms. The average molecular weight is 357 g/mol. The summed E-state index contributed by atoms with van der Waals surface area (Å²) >= 11 is 0. The maximum absolute atomic E-state index is 12.8. The molecule has 0 spiro atoms. The van der Waals surface area contributed by atoms with Gasteiger partial charge in [0.25, 0.3) is 5.91 Å². The van der Waals surface area contributed by atoms with E-state index in [4.69, 9.17) is 0 Å². The van der Waals surface area contributed by atoms with Crippen LogP contribution in [0.15, 0.2) is 30.3 Å². The summed E-state index contributed by atoms with van der Waals surface area (Å²) in [6.45, 7) is 4.29. The number of carbonyl (C=O) groups is 3. The summed E-state index contributed by atoms with van der Waals surface area (Å²) < 4.78 is 0. The largest absolute Gasteiger partial charge is 0.338 e. The molecule has 6 heteroatoms. The third-order valence-electron chi connectivity index (χ3n) is 5.52. The van der Waals surface area contributed by atoms with Crippen molar-refractivity contribution < 1.29 is 14.4 Å². The predicted octanol–water partition coefficient (Wildman–Crippen LogP) is 2.33. The zero-order valence-corrected chi connectivity index (χ0v) is 15.5. The minimum absolute atomic E-state index is 0.145. The quantitative estimate of drug-likeness (QED) is 0.822. The molecular weight excluding hydrogens is 330 g/mol. The minimum Gasteiger partial charge on any atom is -0.338 e. The number of hydrogen-bond acceptors (Lipinski definition) is 3. The van der Waals surface area contributed by atoms with Gasteiger partial charge in [0.05, 0.1) is 0 Å². The van der Waals surface area contributed by atoms with Crippen molar-refractivity contribution in [3.63, 3.8) is 0 Å². The molecule has 2 atom stereocenters. The van der Waals surface area contributed by atoms with Crippen molar-refractivity contribution in [2.45, 2.75) is 57.5 Å². The van der Waals surface area contributed by atoms with Crippen molar-refractivity contribution in [1.29, 1.82) is 0 Å². The number of imide groups is 1. The van der Waals surface area contributed by atoms with Crippen LogP contribution in [0.4, 0.5) is 4.79 Å². The molecule has 6 nitrogen and oxygen atoms in total. The summed E-state index contributed by atoms with van der Waals surface area (Å²) in [7, 11) is 0. The van der Waals surface area contributed by atoms with Crippen LogP contribution in [-0.4, -0.2) is 52.3 Å². The molecule has 1 N–H and O–H groups in total. The van der Waals surface area contributed by atoms with E-state index in [1.165, 1.54) is 0 Å². The molecule has 2 heterocycles. The molecule has 1 aromatic carbocycles. The number of aryl methyl sites for hydroxylation is 1. The second kappa shape index (κ2) is 7.48. The van der Waals surface area contributed by atoms with Crippen LogP contribution in [0.2, 0.25) is 0 Å². The summed E-state index contributed by atoms with van der Waals surface area (Å²) in [5.41, 5.74) is 0.160. The minimum atomic E-state index is -0.958. The van der Waals surface area contributed by atoms with Gasteiger partial charge in [-0.3, -0.25) is 14.5 Å². The Morgan fingerprint density at radius 1 is 1.23 bits per heavy atom. The third-order valence-corrected chi connectivity index (χ3v) is 5.52. The molecule has 2 saturated heterocycles. The van der Waals surface area contributed by atoms with Crippen molar-refractivity contribution in [2.24, 2.45) is 0 Å². The van der Waals surface area contributed by atoms with Crippen molar-refractivity contribution >= 4 is 17.8 Å². The van der Waals surface area contributed by atoms with Crippen LogP contribution in [0.25, 0.3) is 0 Å². The first kappa shape index (κ1) is 18.4. The van der Waals surface area contributed by atoms with E-state index in [0.717, 1.165) is 29.7 Å². The van der Waals surface area contributed by atoms with Crippen LogP contribution in [0.5, 0.6) is 0 Å². The molecule has 0 aromatic heterocycles. The van der Waals surface area contributed by atoms with E-state index >= 15 is 0 Å². The Balaban J connectivity index is 1.63. The summed E-state index contributed by atoms with van der Waals surface area (Å²) in [5, 5.41) is 2.79. The maximum Gasteiger partial charge on any atom is 0.325 e. The van der Waals surface area contributed by atoms with Gasteiger partial charge in [0.1, 0.15) is 12.1 Å². The van der Waals surface area contributed by atoms with Crippen LogP contribution >= 0.6 is 0 Å². The maximum atomic E-state index is 12.8. The topological polar surface area (TPSA) is 69.7 Å². The Morgan fingerprint density at radius 3 is 2.65 bits per heavy atom. The van der Waals surface area contributed by atoms with E-state index < -0.39 is 11.6 Å². The van der Waals surface area contributed by atoms with Gasteiger partial charge < -0.3 is 10.2 Å². The van der Waals surface area contributed by atoms with E-state index in [-0.39, 0.29) is 24.4 Å². The van der Waals surface area contributed by atoms with Crippen LogP contribution in [0.3, 0.4) is 0 Å². The van der Waals surface area contributed by atoms with Gasteiger partial charge in [-0.25, -0.2) is 4.79 Å². The second-order valence-electron chi connectivity index (χ2n) is 7.57. The smallest absolute Gasteiger partial charge is 0.325 e.